The van der Waals surface area contributed by atoms with Crippen LogP contribution in [0.15, 0.2) is 0 Å². The summed E-state index contributed by atoms with van der Waals surface area (Å²) in [7, 11) is 1.44. The van der Waals surface area contributed by atoms with Gasteiger partial charge < -0.3 is 20.3 Å². The molecule has 0 aliphatic carbocycles. The Balaban J connectivity index is 3.49. The van der Waals surface area contributed by atoms with Crippen LogP contribution < -0.4 is 5.73 Å². The van der Waals surface area contributed by atoms with Crippen LogP contribution in [0.1, 0.15) is 0 Å². The van der Waals surface area contributed by atoms with Gasteiger partial charge in [-0.05, 0) is 0 Å². The van der Waals surface area contributed by atoms with Crippen LogP contribution in [-0.2, 0) is 9.47 Å². The summed E-state index contributed by atoms with van der Waals surface area (Å²) in [6.45, 7) is -0.129. The number of hydrogen-bond donors (Lipinski definition) is 2. The van der Waals surface area contributed by atoms with Crippen LogP contribution >= 0.6 is 0 Å². The molecule has 5 heteroatoms. The summed E-state index contributed by atoms with van der Waals surface area (Å²) >= 11 is 0. The van der Waals surface area contributed by atoms with E-state index >= 15 is 0 Å². The van der Waals surface area contributed by atoms with Gasteiger partial charge in [0.05, 0.1) is 13.2 Å². The Morgan fingerprint density at radius 3 is 2.70 bits per heavy atom. The molecule has 0 aromatic rings. The number of nitrogens with two attached hydrogens (primary N) is 1. The normalized spacial score (nSPS) is 12.6. The van der Waals surface area contributed by atoms with E-state index in [0.717, 1.165) is 0 Å². The lowest BCUT2D eigenvalue weighted by atomic mass is 10.4. The maximum absolute atomic E-state index is 10.1. The highest BCUT2D eigenvalue weighted by molar-refractivity contribution is 5.64. The van der Waals surface area contributed by atoms with Crippen molar-refractivity contribution in [3.05, 3.63) is 0 Å². The molecule has 10 heavy (non-hydrogen) atoms. The lowest BCUT2D eigenvalue weighted by Gasteiger charge is -2.11. The molecular formula is C5H11NO4. The molecule has 0 unspecified atom stereocenters. The monoisotopic (exact) mass is 149 g/mol. The first-order valence-electron chi connectivity index (χ1n) is 2.76. The smallest absolute Gasteiger partial charge is 0.404 e. The predicted molar refractivity (Wildman–Crippen MR) is 33.4 cm³/mol. The van der Waals surface area contributed by atoms with Crippen LogP contribution in [0.3, 0.4) is 0 Å². The van der Waals surface area contributed by atoms with E-state index in [1.54, 1.807) is 0 Å². The zero-order chi connectivity index (χ0) is 7.98. The molecule has 0 aliphatic rings. The number of aliphatic hydroxyl groups is 1. The topological polar surface area (TPSA) is 81.8 Å². The van der Waals surface area contributed by atoms with Gasteiger partial charge in [-0.1, -0.05) is 0 Å². The Labute approximate surface area is 58.7 Å². The van der Waals surface area contributed by atoms with Crippen LogP contribution in [0.2, 0.25) is 0 Å². The third-order valence-electron chi connectivity index (χ3n) is 0.839. The van der Waals surface area contributed by atoms with Crippen molar-refractivity contribution in [2.45, 2.75) is 6.10 Å². The molecule has 0 aromatic carbocycles. The number of aliphatic hydroxyl groups excluding tert-OH is 1. The van der Waals surface area contributed by atoms with Gasteiger partial charge in [0.25, 0.3) is 0 Å². The summed E-state index contributed by atoms with van der Waals surface area (Å²) in [5.41, 5.74) is 4.67. The number of rotatable bonds is 4. The van der Waals surface area contributed by atoms with Crippen molar-refractivity contribution in [3.8, 4) is 0 Å². The van der Waals surface area contributed by atoms with E-state index in [-0.39, 0.29) is 13.2 Å². The molecular weight excluding hydrogens is 138 g/mol. The fourth-order valence-electron chi connectivity index (χ4n) is 0.474. The lowest BCUT2D eigenvalue weighted by Crippen LogP contribution is -2.29. The number of primary amides is 1. The zero-order valence-corrected chi connectivity index (χ0v) is 5.74. The van der Waals surface area contributed by atoms with Crippen molar-refractivity contribution in [2.24, 2.45) is 5.73 Å². The molecule has 0 radical (unpaired) electrons. The van der Waals surface area contributed by atoms with E-state index in [1.165, 1.54) is 7.11 Å². The molecule has 3 N–H and O–H groups in total. The van der Waals surface area contributed by atoms with Gasteiger partial charge in [-0.15, -0.1) is 0 Å². The first kappa shape index (κ1) is 9.19. The predicted octanol–water partition coefficient (Wildman–Crippen LogP) is -0.911. The van der Waals surface area contributed by atoms with Crippen molar-refractivity contribution in [3.63, 3.8) is 0 Å². The van der Waals surface area contributed by atoms with Crippen molar-refractivity contribution in [1.29, 1.82) is 0 Å². The molecule has 0 aliphatic heterocycles. The van der Waals surface area contributed by atoms with Crippen molar-refractivity contribution < 1.29 is 19.4 Å². The fraction of sp³-hybridized carbons (Fsp3) is 0.800. The SMILES string of the molecule is COC[C@H](CO)OC(N)=O. The average molecular weight is 149 g/mol. The van der Waals surface area contributed by atoms with Gasteiger partial charge in [0.1, 0.15) is 6.10 Å². The lowest BCUT2D eigenvalue weighted by molar-refractivity contribution is 0.0117. The molecule has 1 amide bonds. The minimum Gasteiger partial charge on any atom is -0.441 e. The molecule has 1 atom stereocenters. The van der Waals surface area contributed by atoms with Gasteiger partial charge in [-0.25, -0.2) is 4.79 Å². The summed E-state index contributed by atoms with van der Waals surface area (Å²) in [4.78, 5) is 10.1. The van der Waals surface area contributed by atoms with Gasteiger partial charge in [0.2, 0.25) is 0 Å². The summed E-state index contributed by atoms with van der Waals surface area (Å²) < 4.78 is 9.01. The summed E-state index contributed by atoms with van der Waals surface area (Å²) in [6.07, 6.45) is -1.56. The average Bonchev–Trinajstić information content (AvgIpc) is 1.86. The maximum Gasteiger partial charge on any atom is 0.404 e. The first-order chi connectivity index (χ1) is 4.70. The summed E-state index contributed by atoms with van der Waals surface area (Å²) in [5, 5.41) is 8.49. The Hall–Kier alpha value is -0.810. The van der Waals surface area contributed by atoms with E-state index in [9.17, 15) is 4.79 Å². The van der Waals surface area contributed by atoms with E-state index < -0.39 is 12.2 Å². The molecule has 0 aromatic heterocycles. The van der Waals surface area contributed by atoms with Gasteiger partial charge in [-0.2, -0.15) is 0 Å². The van der Waals surface area contributed by atoms with E-state index in [0.29, 0.717) is 0 Å². The van der Waals surface area contributed by atoms with Crippen LogP contribution in [-0.4, -0.2) is 37.6 Å². The number of carbonyl (C=O) groups is 1. The highest BCUT2D eigenvalue weighted by atomic mass is 16.6. The molecule has 5 nitrogen and oxygen atoms in total. The third kappa shape index (κ3) is 4.11. The maximum atomic E-state index is 10.1. The molecule has 0 rings (SSSR count). The summed E-state index contributed by atoms with van der Waals surface area (Å²) in [5.74, 6) is 0. The number of ether oxygens (including phenoxy) is 2. The third-order valence-corrected chi connectivity index (χ3v) is 0.839. The quantitative estimate of drug-likeness (QED) is 0.542. The molecule has 0 heterocycles. The zero-order valence-electron chi connectivity index (χ0n) is 5.74. The Bertz CT molecular complexity index is 106. The molecule has 0 saturated heterocycles. The number of carbonyl (C=O) groups excluding carboxylic acids is 1. The molecule has 0 saturated carbocycles. The van der Waals surface area contributed by atoms with Crippen LogP contribution in [0.25, 0.3) is 0 Å². The minimum atomic E-state index is -0.906. The second-order valence-corrected chi connectivity index (χ2v) is 1.70. The number of hydrogen-bond acceptors (Lipinski definition) is 4. The number of methoxy groups -OCH3 is 1. The Morgan fingerprint density at radius 1 is 1.80 bits per heavy atom. The van der Waals surface area contributed by atoms with Gasteiger partial charge >= 0.3 is 6.09 Å². The van der Waals surface area contributed by atoms with Gasteiger partial charge in [-0.3, -0.25) is 0 Å². The fourth-order valence-corrected chi connectivity index (χ4v) is 0.474. The molecule has 0 spiro atoms. The van der Waals surface area contributed by atoms with Crippen LogP contribution in [0, 0.1) is 0 Å². The largest absolute Gasteiger partial charge is 0.441 e. The second-order valence-electron chi connectivity index (χ2n) is 1.70. The molecule has 0 bridgehead atoms. The highest BCUT2D eigenvalue weighted by Gasteiger charge is 2.09. The van der Waals surface area contributed by atoms with Crippen molar-refractivity contribution >= 4 is 6.09 Å². The summed E-state index contributed by atoms with van der Waals surface area (Å²) in [6, 6.07) is 0. The second kappa shape index (κ2) is 5.01. The van der Waals surface area contributed by atoms with Crippen LogP contribution in [0.5, 0.6) is 0 Å². The standard InChI is InChI=1S/C5H11NO4/c1-9-3-4(2-7)10-5(6)8/h4,7H,2-3H2,1H3,(H2,6,8)/t4-/m0/s1. The molecule has 60 valence electrons. The van der Waals surface area contributed by atoms with E-state index in [1.807, 2.05) is 0 Å². The van der Waals surface area contributed by atoms with Crippen molar-refractivity contribution in [1.82, 2.24) is 0 Å². The van der Waals surface area contributed by atoms with Gasteiger partial charge in [0, 0.05) is 7.11 Å². The Morgan fingerprint density at radius 2 is 2.40 bits per heavy atom. The van der Waals surface area contributed by atoms with Crippen molar-refractivity contribution in [2.75, 3.05) is 20.3 Å². The van der Waals surface area contributed by atoms with E-state index in [2.05, 4.69) is 15.2 Å². The Kier molecular flexibility index (Phi) is 4.61. The van der Waals surface area contributed by atoms with Gasteiger partial charge in [0.15, 0.2) is 0 Å². The highest BCUT2D eigenvalue weighted by Crippen LogP contribution is 1.90. The minimum absolute atomic E-state index is 0.152. The number of amides is 1. The van der Waals surface area contributed by atoms with E-state index in [4.69, 9.17) is 5.11 Å². The first-order valence-corrected chi connectivity index (χ1v) is 2.76. The van der Waals surface area contributed by atoms with Crippen LogP contribution in [0.4, 0.5) is 4.79 Å². The molecule has 0 fully saturated rings.